The maximum atomic E-state index is 10.2. The summed E-state index contributed by atoms with van der Waals surface area (Å²) in [5.41, 5.74) is 1.56. The molecular weight excluding hydrogens is 407 g/mol. The minimum Gasteiger partial charge on any atom is -0.504 e. The summed E-state index contributed by atoms with van der Waals surface area (Å²) in [4.78, 5) is 0. The number of hydrogen-bond acceptors (Lipinski definition) is 2. The molecule has 0 amide bonds. The number of furan rings is 1. The largest absolute Gasteiger partial charge is 0.504 e. The predicted molar refractivity (Wildman–Crippen MR) is 84.5 cm³/mol. The van der Waals surface area contributed by atoms with Crippen LogP contribution in [0.1, 0.15) is 5.76 Å². The SMILES string of the molecule is OC(=C1C=CC=C1)c1cc2cc(Br)cc(I)c2o1. The van der Waals surface area contributed by atoms with E-state index in [0.29, 0.717) is 5.76 Å². The molecule has 0 spiro atoms. The van der Waals surface area contributed by atoms with E-state index in [1.165, 1.54) is 0 Å². The Kier molecular flexibility index (Phi) is 3.07. The summed E-state index contributed by atoms with van der Waals surface area (Å²) in [7, 11) is 0. The lowest BCUT2D eigenvalue weighted by molar-refractivity contribution is 0.469. The van der Waals surface area contributed by atoms with Crippen molar-refractivity contribution in [2.24, 2.45) is 0 Å². The van der Waals surface area contributed by atoms with Crippen LogP contribution in [0.3, 0.4) is 0 Å². The van der Waals surface area contributed by atoms with Crippen LogP contribution in [0.2, 0.25) is 0 Å². The van der Waals surface area contributed by atoms with E-state index in [1.54, 1.807) is 0 Å². The van der Waals surface area contributed by atoms with Gasteiger partial charge in [-0.2, -0.15) is 0 Å². The molecule has 4 heteroatoms. The highest BCUT2D eigenvalue weighted by atomic mass is 127. The Bertz CT molecular complexity index is 709. The Morgan fingerprint density at radius 2 is 1.89 bits per heavy atom. The third-order valence-electron chi connectivity index (χ3n) is 2.71. The summed E-state index contributed by atoms with van der Waals surface area (Å²) in [6.45, 7) is 0. The van der Waals surface area contributed by atoms with Gasteiger partial charge >= 0.3 is 0 Å². The Balaban J connectivity index is 2.20. The van der Waals surface area contributed by atoms with Crippen LogP contribution < -0.4 is 0 Å². The van der Waals surface area contributed by atoms with Crippen LogP contribution >= 0.6 is 38.5 Å². The van der Waals surface area contributed by atoms with Crippen LogP contribution in [0.5, 0.6) is 0 Å². The first-order valence-corrected chi connectivity index (χ1v) is 7.19. The van der Waals surface area contributed by atoms with Gasteiger partial charge in [0.05, 0.1) is 3.57 Å². The maximum absolute atomic E-state index is 10.2. The Labute approximate surface area is 126 Å². The third kappa shape index (κ3) is 2.03. The van der Waals surface area contributed by atoms with E-state index >= 15 is 0 Å². The van der Waals surface area contributed by atoms with Gasteiger partial charge < -0.3 is 9.52 Å². The van der Waals surface area contributed by atoms with Crippen molar-refractivity contribution >= 4 is 55.2 Å². The summed E-state index contributed by atoms with van der Waals surface area (Å²) in [5, 5.41) is 11.1. The molecule has 1 aliphatic carbocycles. The highest BCUT2D eigenvalue weighted by Crippen LogP contribution is 2.32. The fraction of sp³-hybridized carbons (Fsp3) is 0. The monoisotopic (exact) mass is 414 g/mol. The number of aliphatic hydroxyl groups is 1. The highest BCUT2D eigenvalue weighted by molar-refractivity contribution is 14.1. The number of aliphatic hydroxyl groups excluding tert-OH is 1. The van der Waals surface area contributed by atoms with Gasteiger partial charge in [-0.15, -0.1) is 0 Å². The zero-order valence-corrected chi connectivity index (χ0v) is 12.9. The number of benzene rings is 1. The molecule has 1 heterocycles. The van der Waals surface area contributed by atoms with Crippen molar-refractivity contribution in [1.29, 1.82) is 0 Å². The van der Waals surface area contributed by atoms with Gasteiger partial charge in [0.15, 0.2) is 11.5 Å². The number of allylic oxidation sites excluding steroid dienone is 5. The lowest BCUT2D eigenvalue weighted by atomic mass is 10.2. The summed E-state index contributed by atoms with van der Waals surface area (Å²) in [6.07, 6.45) is 7.47. The van der Waals surface area contributed by atoms with Gasteiger partial charge in [-0.25, -0.2) is 0 Å². The number of fused-ring (bicyclic) bond motifs is 1. The van der Waals surface area contributed by atoms with Crippen molar-refractivity contribution in [3.05, 3.63) is 61.9 Å². The van der Waals surface area contributed by atoms with Crippen molar-refractivity contribution in [3.63, 3.8) is 0 Å². The van der Waals surface area contributed by atoms with E-state index in [2.05, 4.69) is 38.5 Å². The molecule has 1 aliphatic rings. The molecule has 2 aromatic rings. The van der Waals surface area contributed by atoms with Gasteiger partial charge in [0.1, 0.15) is 5.58 Å². The second kappa shape index (κ2) is 4.59. The van der Waals surface area contributed by atoms with E-state index in [-0.39, 0.29) is 5.76 Å². The summed E-state index contributed by atoms with van der Waals surface area (Å²) in [5.74, 6) is 0.662. The summed E-state index contributed by atoms with van der Waals surface area (Å²) in [6, 6.07) is 5.81. The van der Waals surface area contributed by atoms with Crippen molar-refractivity contribution in [2.45, 2.75) is 0 Å². The van der Waals surface area contributed by atoms with E-state index in [9.17, 15) is 5.11 Å². The quantitative estimate of drug-likeness (QED) is 0.514. The van der Waals surface area contributed by atoms with E-state index in [0.717, 1.165) is 24.6 Å². The predicted octanol–water partition coefficient (Wildman–Crippen LogP) is 5.20. The average Bonchev–Trinajstić information content (AvgIpc) is 2.96. The van der Waals surface area contributed by atoms with Crippen LogP contribution in [0.4, 0.5) is 0 Å². The maximum Gasteiger partial charge on any atom is 0.170 e. The second-order valence-electron chi connectivity index (χ2n) is 3.94. The minimum atomic E-state index is 0.170. The first kappa shape index (κ1) is 12.0. The van der Waals surface area contributed by atoms with E-state index < -0.39 is 0 Å². The fourth-order valence-electron chi connectivity index (χ4n) is 1.87. The van der Waals surface area contributed by atoms with Crippen molar-refractivity contribution < 1.29 is 9.52 Å². The number of halogens is 2. The fourth-order valence-corrected chi connectivity index (χ4v) is 3.53. The number of rotatable bonds is 1. The molecule has 0 saturated heterocycles. The molecule has 1 N–H and O–H groups in total. The summed E-state index contributed by atoms with van der Waals surface area (Å²) >= 11 is 5.67. The van der Waals surface area contributed by atoms with Gasteiger partial charge in [-0.1, -0.05) is 40.2 Å². The van der Waals surface area contributed by atoms with Crippen molar-refractivity contribution in [1.82, 2.24) is 0 Å². The van der Waals surface area contributed by atoms with Crippen molar-refractivity contribution in [3.8, 4) is 0 Å². The average molecular weight is 415 g/mol. The zero-order valence-electron chi connectivity index (χ0n) is 9.15. The van der Waals surface area contributed by atoms with Crippen LogP contribution in [-0.4, -0.2) is 5.11 Å². The van der Waals surface area contributed by atoms with Gasteiger partial charge in [-0.05, 0) is 40.8 Å². The molecule has 3 rings (SSSR count). The molecule has 0 fully saturated rings. The topological polar surface area (TPSA) is 33.4 Å². The molecule has 0 unspecified atom stereocenters. The van der Waals surface area contributed by atoms with E-state index in [4.69, 9.17) is 4.42 Å². The molecule has 0 aliphatic heterocycles. The number of hydrogen-bond donors (Lipinski definition) is 1. The van der Waals surface area contributed by atoms with E-state index in [1.807, 2.05) is 42.5 Å². The molecule has 0 bridgehead atoms. The first-order chi connectivity index (χ1) is 8.65. The van der Waals surface area contributed by atoms with Gasteiger partial charge in [0, 0.05) is 15.4 Å². The van der Waals surface area contributed by atoms with Gasteiger partial charge in [0.25, 0.3) is 0 Å². The van der Waals surface area contributed by atoms with Gasteiger partial charge in [-0.3, -0.25) is 0 Å². The van der Waals surface area contributed by atoms with Crippen LogP contribution in [0.25, 0.3) is 16.7 Å². The smallest absolute Gasteiger partial charge is 0.170 e. The molecule has 0 radical (unpaired) electrons. The molecule has 18 heavy (non-hydrogen) atoms. The second-order valence-corrected chi connectivity index (χ2v) is 6.02. The molecule has 1 aromatic carbocycles. The molecular formula is C14H8BrIO2. The summed E-state index contributed by atoms with van der Waals surface area (Å²) < 4.78 is 7.74. The van der Waals surface area contributed by atoms with Gasteiger partial charge in [0.2, 0.25) is 0 Å². The Morgan fingerprint density at radius 1 is 1.17 bits per heavy atom. The third-order valence-corrected chi connectivity index (χ3v) is 3.96. The lowest BCUT2D eigenvalue weighted by Crippen LogP contribution is -1.82. The first-order valence-electron chi connectivity index (χ1n) is 5.32. The molecule has 2 nitrogen and oxygen atoms in total. The van der Waals surface area contributed by atoms with Crippen LogP contribution in [0, 0.1) is 3.57 Å². The molecule has 90 valence electrons. The Hall–Kier alpha value is -1.01. The Morgan fingerprint density at radius 3 is 2.61 bits per heavy atom. The highest BCUT2D eigenvalue weighted by Gasteiger charge is 2.13. The molecule has 0 saturated carbocycles. The van der Waals surface area contributed by atoms with Crippen LogP contribution in [0.15, 0.2) is 57.0 Å². The molecule has 0 atom stereocenters. The lowest BCUT2D eigenvalue weighted by Gasteiger charge is -1.97. The normalized spacial score (nSPS) is 13.8. The van der Waals surface area contributed by atoms with Crippen LogP contribution in [-0.2, 0) is 0 Å². The van der Waals surface area contributed by atoms with Crippen molar-refractivity contribution in [2.75, 3.05) is 0 Å². The minimum absolute atomic E-state index is 0.170. The zero-order chi connectivity index (χ0) is 12.7. The molecule has 1 aromatic heterocycles. The standard InChI is InChI=1S/C14H8BrIO2/c15-10-5-9-6-12(18-14(9)11(16)7-10)13(17)8-3-1-2-4-8/h1-7,17H.